The first-order chi connectivity index (χ1) is 8.17. The van der Waals surface area contributed by atoms with Crippen molar-refractivity contribution in [2.45, 2.75) is 32.7 Å². The normalized spacial score (nSPS) is 11.9. The second-order valence-electron chi connectivity index (χ2n) is 3.99. The fourth-order valence-corrected chi connectivity index (χ4v) is 1.82. The monoisotopic (exact) mass is 253 g/mol. The van der Waals surface area contributed by atoms with Gasteiger partial charge in [0.25, 0.3) is 0 Å². The molecule has 1 aromatic carbocycles. The van der Waals surface area contributed by atoms with Crippen LogP contribution in [0.15, 0.2) is 30.9 Å². The predicted molar refractivity (Wildman–Crippen MR) is 75.1 cm³/mol. The number of allylic oxidation sites excluding steroid dienone is 1. The second kappa shape index (κ2) is 7.23. The van der Waals surface area contributed by atoms with Crippen LogP contribution in [0.25, 0.3) is 0 Å². The maximum absolute atomic E-state index is 6.11. The summed E-state index contributed by atoms with van der Waals surface area (Å²) >= 11 is 6.11. The molecule has 0 aliphatic rings. The highest BCUT2D eigenvalue weighted by atomic mass is 35.5. The molecule has 0 radical (unpaired) electrons. The zero-order chi connectivity index (χ0) is 12.7. The number of halogens is 1. The Bertz CT molecular complexity index is 365. The van der Waals surface area contributed by atoms with Gasteiger partial charge in [-0.05, 0) is 44.9 Å². The molecule has 0 fully saturated rings. The number of ether oxygens (including phenoxy) is 1. The highest BCUT2D eigenvalue weighted by molar-refractivity contribution is 6.32. The van der Waals surface area contributed by atoms with Gasteiger partial charge in [0.2, 0.25) is 0 Å². The van der Waals surface area contributed by atoms with Crippen LogP contribution in [0.4, 0.5) is 5.69 Å². The molecule has 0 saturated heterocycles. The molecule has 1 rings (SSSR count). The minimum atomic E-state index is 0.405. The number of nitrogens with one attached hydrogen (secondary N) is 1. The lowest BCUT2D eigenvalue weighted by atomic mass is 10.1. The van der Waals surface area contributed by atoms with E-state index in [9.17, 15) is 0 Å². The van der Waals surface area contributed by atoms with Gasteiger partial charge in [0.15, 0.2) is 0 Å². The molecule has 17 heavy (non-hydrogen) atoms. The lowest BCUT2D eigenvalue weighted by Gasteiger charge is -2.15. The molecular weight excluding hydrogens is 234 g/mol. The standard InChI is InChI=1S/C14H20ClNO/c1-4-6-7-11(3)16-12-8-9-14(17-5-2)13(15)10-12/h4,8-11,16H,1,5-7H2,2-3H3. The van der Waals surface area contributed by atoms with Gasteiger partial charge in [0, 0.05) is 11.7 Å². The van der Waals surface area contributed by atoms with Gasteiger partial charge >= 0.3 is 0 Å². The zero-order valence-corrected chi connectivity index (χ0v) is 11.3. The average Bonchev–Trinajstić information content (AvgIpc) is 2.30. The minimum absolute atomic E-state index is 0.405. The van der Waals surface area contributed by atoms with Crippen LogP contribution in [0.3, 0.4) is 0 Å². The van der Waals surface area contributed by atoms with Gasteiger partial charge in [-0.1, -0.05) is 17.7 Å². The van der Waals surface area contributed by atoms with Gasteiger partial charge in [0.05, 0.1) is 11.6 Å². The van der Waals surface area contributed by atoms with E-state index >= 15 is 0 Å². The molecule has 0 spiro atoms. The van der Waals surface area contributed by atoms with E-state index in [4.69, 9.17) is 16.3 Å². The van der Waals surface area contributed by atoms with Crippen molar-refractivity contribution in [2.75, 3.05) is 11.9 Å². The quantitative estimate of drug-likeness (QED) is 0.722. The third-order valence-electron chi connectivity index (χ3n) is 2.45. The van der Waals surface area contributed by atoms with Gasteiger partial charge in [-0.2, -0.15) is 0 Å². The molecule has 2 nitrogen and oxygen atoms in total. The van der Waals surface area contributed by atoms with Crippen molar-refractivity contribution in [1.29, 1.82) is 0 Å². The molecule has 1 aromatic rings. The smallest absolute Gasteiger partial charge is 0.138 e. The van der Waals surface area contributed by atoms with Crippen molar-refractivity contribution in [2.24, 2.45) is 0 Å². The Balaban J connectivity index is 2.60. The Labute approximate surface area is 109 Å². The van der Waals surface area contributed by atoms with Crippen LogP contribution < -0.4 is 10.1 Å². The average molecular weight is 254 g/mol. The molecule has 0 aromatic heterocycles. The Hall–Kier alpha value is -1.15. The van der Waals surface area contributed by atoms with Gasteiger partial charge in [-0.3, -0.25) is 0 Å². The summed E-state index contributed by atoms with van der Waals surface area (Å²) in [6.07, 6.45) is 4.01. The summed E-state index contributed by atoms with van der Waals surface area (Å²) in [5, 5.41) is 4.05. The first kappa shape index (κ1) is 13.9. The maximum Gasteiger partial charge on any atom is 0.138 e. The highest BCUT2D eigenvalue weighted by Gasteiger charge is 2.05. The van der Waals surface area contributed by atoms with E-state index < -0.39 is 0 Å². The number of anilines is 1. The van der Waals surface area contributed by atoms with E-state index in [1.54, 1.807) is 0 Å². The molecule has 94 valence electrons. The van der Waals surface area contributed by atoms with Crippen LogP contribution in [0, 0.1) is 0 Å². The molecule has 3 heteroatoms. The van der Waals surface area contributed by atoms with Crippen molar-refractivity contribution >= 4 is 17.3 Å². The lowest BCUT2D eigenvalue weighted by Crippen LogP contribution is -2.14. The molecule has 0 bridgehead atoms. The van der Waals surface area contributed by atoms with Crippen LogP contribution in [-0.4, -0.2) is 12.6 Å². The van der Waals surface area contributed by atoms with Crippen molar-refractivity contribution in [3.05, 3.63) is 35.9 Å². The fraction of sp³-hybridized carbons (Fsp3) is 0.429. The molecule has 1 N–H and O–H groups in total. The molecule has 0 aliphatic carbocycles. The molecule has 0 heterocycles. The molecule has 1 atom stereocenters. The lowest BCUT2D eigenvalue weighted by molar-refractivity contribution is 0.340. The minimum Gasteiger partial charge on any atom is -0.492 e. The summed E-state index contributed by atoms with van der Waals surface area (Å²) in [7, 11) is 0. The summed E-state index contributed by atoms with van der Waals surface area (Å²) in [5.41, 5.74) is 1.02. The summed E-state index contributed by atoms with van der Waals surface area (Å²) in [4.78, 5) is 0. The third-order valence-corrected chi connectivity index (χ3v) is 2.74. The second-order valence-corrected chi connectivity index (χ2v) is 4.40. The molecule has 1 unspecified atom stereocenters. The summed E-state index contributed by atoms with van der Waals surface area (Å²) in [6.45, 7) is 8.44. The SMILES string of the molecule is C=CCCC(C)Nc1ccc(OCC)c(Cl)c1. The maximum atomic E-state index is 6.11. The first-order valence-corrected chi connectivity index (χ1v) is 6.35. The summed E-state index contributed by atoms with van der Waals surface area (Å²) in [6, 6.07) is 6.19. The van der Waals surface area contributed by atoms with Crippen LogP contribution in [0.1, 0.15) is 26.7 Å². The van der Waals surface area contributed by atoms with Gasteiger partial charge in [-0.15, -0.1) is 6.58 Å². The topological polar surface area (TPSA) is 21.3 Å². The Morgan fingerprint density at radius 2 is 2.29 bits per heavy atom. The van der Waals surface area contributed by atoms with E-state index in [1.807, 2.05) is 31.2 Å². The zero-order valence-electron chi connectivity index (χ0n) is 10.5. The van der Waals surface area contributed by atoms with Crippen molar-refractivity contribution in [3.63, 3.8) is 0 Å². The third kappa shape index (κ3) is 4.70. The van der Waals surface area contributed by atoms with Crippen molar-refractivity contribution in [3.8, 4) is 5.75 Å². The number of rotatable bonds is 7. The summed E-state index contributed by atoms with van der Waals surface area (Å²) < 4.78 is 5.39. The highest BCUT2D eigenvalue weighted by Crippen LogP contribution is 2.28. The Morgan fingerprint density at radius 1 is 1.53 bits per heavy atom. The molecule has 0 amide bonds. The largest absolute Gasteiger partial charge is 0.492 e. The van der Waals surface area contributed by atoms with Crippen LogP contribution in [-0.2, 0) is 0 Å². The molecular formula is C14H20ClNO. The number of hydrogen-bond donors (Lipinski definition) is 1. The van der Waals surface area contributed by atoms with E-state index in [0.717, 1.165) is 24.3 Å². The van der Waals surface area contributed by atoms with Crippen LogP contribution in [0.5, 0.6) is 5.75 Å². The number of benzene rings is 1. The van der Waals surface area contributed by atoms with Crippen LogP contribution in [0.2, 0.25) is 5.02 Å². The number of hydrogen-bond acceptors (Lipinski definition) is 2. The van der Waals surface area contributed by atoms with E-state index in [1.165, 1.54) is 0 Å². The molecule has 0 aliphatic heterocycles. The van der Waals surface area contributed by atoms with E-state index in [2.05, 4.69) is 18.8 Å². The molecule has 0 saturated carbocycles. The fourth-order valence-electron chi connectivity index (χ4n) is 1.59. The Kier molecular flexibility index (Phi) is 5.92. The first-order valence-electron chi connectivity index (χ1n) is 5.97. The van der Waals surface area contributed by atoms with Gasteiger partial charge < -0.3 is 10.1 Å². The van der Waals surface area contributed by atoms with Crippen molar-refractivity contribution < 1.29 is 4.74 Å². The van der Waals surface area contributed by atoms with Crippen LogP contribution >= 0.6 is 11.6 Å². The Morgan fingerprint density at radius 3 is 2.88 bits per heavy atom. The van der Waals surface area contributed by atoms with E-state index in [0.29, 0.717) is 17.7 Å². The van der Waals surface area contributed by atoms with Gasteiger partial charge in [-0.25, -0.2) is 0 Å². The van der Waals surface area contributed by atoms with Crippen molar-refractivity contribution in [1.82, 2.24) is 0 Å². The summed E-state index contributed by atoms with van der Waals surface area (Å²) in [5.74, 6) is 0.735. The van der Waals surface area contributed by atoms with E-state index in [-0.39, 0.29) is 0 Å². The van der Waals surface area contributed by atoms with Gasteiger partial charge in [0.1, 0.15) is 5.75 Å². The predicted octanol–water partition coefficient (Wildman–Crippen LogP) is 4.51.